The van der Waals surface area contributed by atoms with E-state index < -0.39 is 29.7 Å². The van der Waals surface area contributed by atoms with Gasteiger partial charge in [-0.3, -0.25) is 14.4 Å². The predicted molar refractivity (Wildman–Crippen MR) is 164 cm³/mol. The molecule has 3 N–H and O–H groups in total. The first-order chi connectivity index (χ1) is 20.7. The van der Waals surface area contributed by atoms with Crippen molar-refractivity contribution in [2.45, 2.75) is 55.6 Å². The molecule has 3 aromatic rings. The molecule has 2 heterocycles. The predicted octanol–water partition coefficient (Wildman–Crippen LogP) is 5.00. The van der Waals surface area contributed by atoms with E-state index in [4.69, 9.17) is 15.2 Å². The van der Waals surface area contributed by atoms with Crippen LogP contribution in [-0.4, -0.2) is 48.1 Å². The number of hydrogen-bond donors (Lipinski definition) is 2. The fourth-order valence-electron chi connectivity index (χ4n) is 5.09. The third-order valence-corrected chi connectivity index (χ3v) is 9.48. The Kier molecular flexibility index (Phi) is 9.46. The van der Waals surface area contributed by atoms with Gasteiger partial charge in [0.05, 0.1) is 28.7 Å². The topological polar surface area (TPSA) is 145 Å². The molecule has 12 heteroatoms. The van der Waals surface area contributed by atoms with Crippen LogP contribution in [0.25, 0.3) is 0 Å². The molecule has 2 aliphatic rings. The second-order valence-corrected chi connectivity index (χ2v) is 12.5. The summed E-state index contributed by atoms with van der Waals surface area (Å²) in [5.41, 5.74) is 8.20. The largest absolute Gasteiger partial charge is 0.462 e. The number of nitrogens with zero attached hydrogens (tertiary/aromatic N) is 1. The van der Waals surface area contributed by atoms with Crippen LogP contribution in [0, 0.1) is 0 Å². The van der Waals surface area contributed by atoms with E-state index in [2.05, 4.69) is 5.32 Å². The van der Waals surface area contributed by atoms with Crippen molar-refractivity contribution in [3.05, 3.63) is 70.1 Å². The summed E-state index contributed by atoms with van der Waals surface area (Å²) in [5.74, 6) is -2.49. The van der Waals surface area contributed by atoms with E-state index in [9.17, 15) is 24.0 Å². The quantitative estimate of drug-likeness (QED) is 0.146. The van der Waals surface area contributed by atoms with Crippen LogP contribution in [0.5, 0.6) is 0 Å². The van der Waals surface area contributed by atoms with Crippen molar-refractivity contribution < 1.29 is 33.4 Å². The van der Waals surface area contributed by atoms with E-state index in [-0.39, 0.29) is 30.4 Å². The van der Waals surface area contributed by atoms with Gasteiger partial charge in [-0.2, -0.15) is 0 Å². The van der Waals surface area contributed by atoms with E-state index in [1.165, 1.54) is 47.4 Å². The number of thiophene rings is 1. The molecule has 1 aliphatic heterocycles. The summed E-state index contributed by atoms with van der Waals surface area (Å²) >= 11 is 2.64. The summed E-state index contributed by atoms with van der Waals surface area (Å²) in [7, 11) is 0. The standard InChI is InChI=1S/C31H31N3O7S2/c1-2-40-31(39)27-22-9-4-3-5-10-23(22)43-28(27)33-25(35)17-41-30(38)18-11-13-20(14-12-18)34-26(36)16-24(29(34)37)42-21-8-6-7-19(32)15-21/h6-8,11-15,24H,2-5,9-10,16-17,32H2,1H3,(H,33,35). The van der Waals surface area contributed by atoms with Gasteiger partial charge < -0.3 is 20.5 Å². The van der Waals surface area contributed by atoms with Gasteiger partial charge in [0.2, 0.25) is 11.8 Å². The Morgan fingerprint density at radius 3 is 2.53 bits per heavy atom. The number of anilines is 3. The molecule has 2 aromatic carbocycles. The van der Waals surface area contributed by atoms with Crippen molar-refractivity contribution in [1.82, 2.24) is 0 Å². The van der Waals surface area contributed by atoms with Crippen molar-refractivity contribution in [1.29, 1.82) is 0 Å². The van der Waals surface area contributed by atoms with Crippen LogP contribution in [-0.2, 0) is 36.7 Å². The molecule has 10 nitrogen and oxygen atoms in total. The Bertz CT molecular complexity index is 1570. The van der Waals surface area contributed by atoms with Crippen LogP contribution < -0.4 is 16.0 Å². The smallest absolute Gasteiger partial charge is 0.341 e. The fraction of sp³-hybridized carbons (Fsp3) is 0.323. The Morgan fingerprint density at radius 2 is 1.79 bits per heavy atom. The van der Waals surface area contributed by atoms with Gasteiger partial charge in [-0.05, 0) is 80.6 Å². The molecule has 1 atom stereocenters. The Hall–Kier alpha value is -4.16. The van der Waals surface area contributed by atoms with Crippen molar-refractivity contribution in [2.75, 3.05) is 29.2 Å². The molecule has 0 bridgehead atoms. The first-order valence-corrected chi connectivity index (χ1v) is 15.7. The van der Waals surface area contributed by atoms with Crippen LogP contribution in [0.15, 0.2) is 53.4 Å². The molecule has 1 aromatic heterocycles. The molecule has 0 spiro atoms. The molecule has 1 unspecified atom stereocenters. The number of aryl methyl sites for hydroxylation is 1. The molecule has 224 valence electrons. The maximum absolute atomic E-state index is 13.0. The highest BCUT2D eigenvalue weighted by Crippen LogP contribution is 2.38. The first-order valence-electron chi connectivity index (χ1n) is 14.0. The van der Waals surface area contributed by atoms with Crippen LogP contribution in [0.1, 0.15) is 63.8 Å². The maximum Gasteiger partial charge on any atom is 0.341 e. The Balaban J connectivity index is 1.19. The van der Waals surface area contributed by atoms with Crippen LogP contribution >= 0.6 is 23.1 Å². The number of ether oxygens (including phenoxy) is 2. The average molecular weight is 622 g/mol. The monoisotopic (exact) mass is 621 g/mol. The van der Waals surface area contributed by atoms with Gasteiger partial charge in [0.25, 0.3) is 5.91 Å². The number of fused-ring (bicyclic) bond motifs is 1. The molecule has 43 heavy (non-hydrogen) atoms. The van der Waals surface area contributed by atoms with Gasteiger partial charge in [-0.15, -0.1) is 23.1 Å². The molecular formula is C31H31N3O7S2. The van der Waals surface area contributed by atoms with E-state index in [1.54, 1.807) is 25.1 Å². The first kappa shape index (κ1) is 30.3. The number of nitrogens with two attached hydrogens (primary N) is 1. The number of thioether (sulfide) groups is 1. The highest BCUT2D eigenvalue weighted by Gasteiger charge is 2.40. The molecule has 1 aliphatic carbocycles. The molecule has 5 rings (SSSR count). The molecule has 1 saturated heterocycles. The second kappa shape index (κ2) is 13.4. The summed E-state index contributed by atoms with van der Waals surface area (Å²) in [6.07, 6.45) is 4.69. The third kappa shape index (κ3) is 6.91. The summed E-state index contributed by atoms with van der Waals surface area (Å²) in [4.78, 5) is 66.8. The highest BCUT2D eigenvalue weighted by molar-refractivity contribution is 8.00. The maximum atomic E-state index is 13.0. The zero-order chi connectivity index (χ0) is 30.5. The van der Waals surface area contributed by atoms with Crippen LogP contribution in [0.3, 0.4) is 0 Å². The van der Waals surface area contributed by atoms with Crippen molar-refractivity contribution >= 4 is 69.1 Å². The van der Waals surface area contributed by atoms with Gasteiger partial charge in [-0.25, -0.2) is 14.5 Å². The minimum absolute atomic E-state index is 0.0440. The van der Waals surface area contributed by atoms with E-state index in [0.29, 0.717) is 21.9 Å². The lowest BCUT2D eigenvalue weighted by Crippen LogP contribution is -2.31. The molecule has 1 fully saturated rings. The van der Waals surface area contributed by atoms with Crippen molar-refractivity contribution in [3.63, 3.8) is 0 Å². The lowest BCUT2D eigenvalue weighted by molar-refractivity contribution is -0.121. The van der Waals surface area contributed by atoms with Gasteiger partial charge >= 0.3 is 11.9 Å². The molecular weight excluding hydrogens is 590 g/mol. The molecule has 3 amide bonds. The lowest BCUT2D eigenvalue weighted by Gasteiger charge is -2.15. The number of nitrogens with one attached hydrogen (secondary N) is 1. The number of nitrogen functional groups attached to an aromatic ring is 1. The van der Waals surface area contributed by atoms with Gasteiger partial charge in [0.1, 0.15) is 5.00 Å². The van der Waals surface area contributed by atoms with Crippen LogP contribution in [0.2, 0.25) is 0 Å². The SMILES string of the molecule is CCOC(=O)c1c(NC(=O)COC(=O)c2ccc(N3C(=O)CC(Sc4cccc(N)c4)C3=O)cc2)sc2c1CCCCC2. The molecule has 0 radical (unpaired) electrons. The van der Waals surface area contributed by atoms with Gasteiger partial charge in [0.15, 0.2) is 6.61 Å². The van der Waals surface area contributed by atoms with Crippen LogP contribution in [0.4, 0.5) is 16.4 Å². The second-order valence-electron chi connectivity index (χ2n) is 10.1. The number of hydrogen-bond acceptors (Lipinski definition) is 10. The molecule has 0 saturated carbocycles. The number of carbonyl (C=O) groups is 5. The lowest BCUT2D eigenvalue weighted by atomic mass is 10.1. The number of rotatable bonds is 9. The van der Waals surface area contributed by atoms with E-state index in [1.807, 2.05) is 6.07 Å². The zero-order valence-corrected chi connectivity index (χ0v) is 25.2. The fourth-order valence-corrected chi connectivity index (χ4v) is 7.51. The van der Waals surface area contributed by atoms with Gasteiger partial charge in [0, 0.05) is 21.9 Å². The van der Waals surface area contributed by atoms with Gasteiger partial charge in [-0.1, -0.05) is 12.5 Å². The minimum Gasteiger partial charge on any atom is -0.462 e. The summed E-state index contributed by atoms with van der Waals surface area (Å²) in [6, 6.07) is 13.0. The minimum atomic E-state index is -0.747. The Labute approximate surface area is 256 Å². The van der Waals surface area contributed by atoms with E-state index in [0.717, 1.165) is 52.3 Å². The summed E-state index contributed by atoms with van der Waals surface area (Å²) in [6.45, 7) is 1.39. The Morgan fingerprint density at radius 1 is 1.02 bits per heavy atom. The van der Waals surface area contributed by atoms with E-state index >= 15 is 0 Å². The number of carbonyl (C=O) groups excluding carboxylic acids is 5. The highest BCUT2D eigenvalue weighted by atomic mass is 32.2. The third-order valence-electron chi connectivity index (χ3n) is 7.09. The van der Waals surface area contributed by atoms with Crippen molar-refractivity contribution in [3.8, 4) is 0 Å². The van der Waals surface area contributed by atoms with Crippen molar-refractivity contribution in [2.24, 2.45) is 0 Å². The number of benzene rings is 2. The number of esters is 2. The number of imide groups is 1. The normalized spacial score (nSPS) is 16.4. The summed E-state index contributed by atoms with van der Waals surface area (Å²) < 4.78 is 10.5. The summed E-state index contributed by atoms with van der Waals surface area (Å²) in [5, 5.41) is 2.55. The zero-order valence-electron chi connectivity index (χ0n) is 23.6. The number of amides is 3. The average Bonchev–Trinajstić information content (AvgIpc) is 3.35.